The highest BCUT2D eigenvalue weighted by molar-refractivity contribution is 9.10. The van der Waals surface area contributed by atoms with Gasteiger partial charge in [-0.05, 0) is 41.1 Å². The van der Waals surface area contributed by atoms with Crippen molar-refractivity contribution in [3.8, 4) is 5.75 Å². The van der Waals surface area contributed by atoms with Crippen LogP contribution in [0.3, 0.4) is 0 Å². The van der Waals surface area contributed by atoms with Crippen molar-refractivity contribution in [1.29, 1.82) is 0 Å². The van der Waals surface area contributed by atoms with E-state index in [0.29, 0.717) is 22.4 Å². The summed E-state index contributed by atoms with van der Waals surface area (Å²) in [5.74, 6) is 1.79. The molecule has 0 bridgehead atoms. The molecule has 1 aromatic carbocycles. The topological polar surface area (TPSA) is 59.1 Å². The van der Waals surface area contributed by atoms with E-state index in [1.165, 1.54) is 6.33 Å². The minimum Gasteiger partial charge on any atom is -0.490 e. The number of ether oxygens (including phenoxy) is 1. The summed E-state index contributed by atoms with van der Waals surface area (Å²) in [4.78, 5) is 8.35. The molecule has 0 saturated heterocycles. The first-order valence-corrected chi connectivity index (χ1v) is 7.17. The molecule has 20 heavy (non-hydrogen) atoms. The SMILES string of the molecule is CCNc1ncnc(Nc2ccc(Br)c(Cl)c2)c1OC. The van der Waals surface area contributed by atoms with E-state index in [4.69, 9.17) is 16.3 Å². The average molecular weight is 358 g/mol. The van der Waals surface area contributed by atoms with Gasteiger partial charge in [-0.2, -0.15) is 0 Å². The maximum atomic E-state index is 6.07. The third-order valence-corrected chi connectivity index (χ3v) is 3.77. The fraction of sp³-hybridized carbons (Fsp3) is 0.231. The molecule has 2 aromatic rings. The first-order chi connectivity index (χ1) is 9.65. The molecule has 0 atom stereocenters. The average Bonchev–Trinajstić information content (AvgIpc) is 2.44. The molecule has 106 valence electrons. The van der Waals surface area contributed by atoms with Crippen LogP contribution >= 0.6 is 27.5 Å². The lowest BCUT2D eigenvalue weighted by Gasteiger charge is -2.13. The number of rotatable bonds is 5. The van der Waals surface area contributed by atoms with Gasteiger partial charge in [0, 0.05) is 16.7 Å². The molecule has 2 rings (SSSR count). The quantitative estimate of drug-likeness (QED) is 0.844. The summed E-state index contributed by atoms with van der Waals surface area (Å²) in [5, 5.41) is 6.91. The van der Waals surface area contributed by atoms with Crippen LogP contribution in [0.1, 0.15) is 6.92 Å². The van der Waals surface area contributed by atoms with Gasteiger partial charge in [-0.3, -0.25) is 0 Å². The van der Waals surface area contributed by atoms with Crippen LogP contribution in [-0.2, 0) is 0 Å². The van der Waals surface area contributed by atoms with Gasteiger partial charge in [0.05, 0.1) is 12.1 Å². The number of halogens is 2. The largest absolute Gasteiger partial charge is 0.490 e. The smallest absolute Gasteiger partial charge is 0.204 e. The van der Waals surface area contributed by atoms with E-state index in [2.05, 4.69) is 36.5 Å². The normalized spacial score (nSPS) is 10.2. The Morgan fingerprint density at radius 3 is 2.70 bits per heavy atom. The second kappa shape index (κ2) is 6.76. The van der Waals surface area contributed by atoms with Crippen molar-refractivity contribution in [3.05, 3.63) is 34.0 Å². The van der Waals surface area contributed by atoms with Crippen LogP contribution in [0.25, 0.3) is 0 Å². The Hall–Kier alpha value is -1.53. The maximum Gasteiger partial charge on any atom is 0.204 e. The van der Waals surface area contributed by atoms with E-state index in [-0.39, 0.29) is 0 Å². The second-order valence-electron chi connectivity index (χ2n) is 3.89. The molecule has 0 amide bonds. The highest BCUT2D eigenvalue weighted by Crippen LogP contribution is 2.33. The van der Waals surface area contributed by atoms with Crippen LogP contribution in [0.15, 0.2) is 29.0 Å². The Morgan fingerprint density at radius 1 is 1.30 bits per heavy atom. The maximum absolute atomic E-state index is 6.07. The fourth-order valence-electron chi connectivity index (χ4n) is 1.66. The van der Waals surface area contributed by atoms with Crippen LogP contribution in [-0.4, -0.2) is 23.6 Å². The Labute approximate surface area is 130 Å². The number of aromatic nitrogens is 2. The number of anilines is 3. The zero-order chi connectivity index (χ0) is 14.5. The first kappa shape index (κ1) is 14.9. The van der Waals surface area contributed by atoms with Gasteiger partial charge >= 0.3 is 0 Å². The number of methoxy groups -OCH3 is 1. The van der Waals surface area contributed by atoms with E-state index in [1.807, 2.05) is 19.1 Å². The minimum atomic E-state index is 0.563. The Bertz CT molecular complexity index is 609. The lowest BCUT2D eigenvalue weighted by Crippen LogP contribution is -2.05. The molecule has 0 aliphatic carbocycles. The van der Waals surface area contributed by atoms with Gasteiger partial charge in [0.2, 0.25) is 5.75 Å². The molecule has 0 aliphatic heterocycles. The summed E-state index contributed by atoms with van der Waals surface area (Å²) in [5.41, 5.74) is 0.817. The van der Waals surface area contributed by atoms with Crippen molar-refractivity contribution in [1.82, 2.24) is 9.97 Å². The zero-order valence-corrected chi connectivity index (χ0v) is 13.4. The molecule has 7 heteroatoms. The first-order valence-electron chi connectivity index (χ1n) is 6.00. The van der Waals surface area contributed by atoms with E-state index in [9.17, 15) is 0 Å². The summed E-state index contributed by atoms with van der Waals surface area (Å²) in [6.45, 7) is 2.74. The van der Waals surface area contributed by atoms with Gasteiger partial charge in [-0.25, -0.2) is 9.97 Å². The summed E-state index contributed by atoms with van der Waals surface area (Å²) < 4.78 is 6.20. The fourth-order valence-corrected chi connectivity index (χ4v) is 2.09. The second-order valence-corrected chi connectivity index (χ2v) is 5.15. The number of nitrogens with zero attached hydrogens (tertiary/aromatic N) is 2. The summed E-state index contributed by atoms with van der Waals surface area (Å²) >= 11 is 9.43. The molecule has 0 aliphatic rings. The van der Waals surface area contributed by atoms with Crippen LogP contribution in [0.5, 0.6) is 5.75 Å². The van der Waals surface area contributed by atoms with Crippen molar-refractivity contribution in [2.45, 2.75) is 6.92 Å². The third kappa shape index (κ3) is 3.32. The number of hydrogen-bond donors (Lipinski definition) is 2. The molecule has 0 fully saturated rings. The van der Waals surface area contributed by atoms with E-state index in [1.54, 1.807) is 13.2 Å². The predicted molar refractivity (Wildman–Crippen MR) is 85.2 cm³/mol. The van der Waals surface area contributed by atoms with Gasteiger partial charge < -0.3 is 15.4 Å². The van der Waals surface area contributed by atoms with Crippen molar-refractivity contribution in [3.63, 3.8) is 0 Å². The lowest BCUT2D eigenvalue weighted by atomic mass is 10.3. The molecule has 0 spiro atoms. The molecule has 1 heterocycles. The molecular formula is C13H14BrClN4O. The molecule has 5 nitrogen and oxygen atoms in total. The Morgan fingerprint density at radius 2 is 2.05 bits per heavy atom. The van der Waals surface area contributed by atoms with Gasteiger partial charge in [-0.1, -0.05) is 11.6 Å². The molecule has 0 saturated carbocycles. The molecule has 0 radical (unpaired) electrons. The number of nitrogens with one attached hydrogen (secondary N) is 2. The molecule has 0 unspecified atom stereocenters. The standard InChI is InChI=1S/C13H14BrClN4O/c1-3-16-12-11(20-2)13(18-7-17-12)19-8-4-5-9(14)10(15)6-8/h4-7H,3H2,1-2H3,(H2,16,17,18,19). The van der Waals surface area contributed by atoms with Crippen molar-refractivity contribution in [2.24, 2.45) is 0 Å². The highest BCUT2D eigenvalue weighted by Gasteiger charge is 2.12. The summed E-state index contributed by atoms with van der Waals surface area (Å²) in [6, 6.07) is 5.56. The van der Waals surface area contributed by atoms with Gasteiger partial charge in [0.15, 0.2) is 11.6 Å². The lowest BCUT2D eigenvalue weighted by molar-refractivity contribution is 0.415. The van der Waals surface area contributed by atoms with Crippen molar-refractivity contribution < 1.29 is 4.74 Å². The van der Waals surface area contributed by atoms with E-state index >= 15 is 0 Å². The minimum absolute atomic E-state index is 0.563. The van der Waals surface area contributed by atoms with E-state index < -0.39 is 0 Å². The molecule has 2 N–H and O–H groups in total. The number of hydrogen-bond acceptors (Lipinski definition) is 5. The Balaban J connectivity index is 2.32. The zero-order valence-electron chi connectivity index (χ0n) is 11.1. The number of benzene rings is 1. The van der Waals surface area contributed by atoms with E-state index in [0.717, 1.165) is 16.7 Å². The van der Waals surface area contributed by atoms with Crippen LogP contribution in [0, 0.1) is 0 Å². The third-order valence-electron chi connectivity index (χ3n) is 2.53. The monoisotopic (exact) mass is 356 g/mol. The van der Waals surface area contributed by atoms with Gasteiger partial charge in [-0.15, -0.1) is 0 Å². The predicted octanol–water partition coefficient (Wildman–Crippen LogP) is 4.08. The molecular weight excluding hydrogens is 344 g/mol. The van der Waals surface area contributed by atoms with Gasteiger partial charge in [0.25, 0.3) is 0 Å². The van der Waals surface area contributed by atoms with Crippen LogP contribution < -0.4 is 15.4 Å². The van der Waals surface area contributed by atoms with Crippen LogP contribution in [0.4, 0.5) is 17.3 Å². The van der Waals surface area contributed by atoms with Crippen molar-refractivity contribution in [2.75, 3.05) is 24.3 Å². The molecule has 1 aromatic heterocycles. The van der Waals surface area contributed by atoms with Gasteiger partial charge in [0.1, 0.15) is 6.33 Å². The van der Waals surface area contributed by atoms with Crippen molar-refractivity contribution >= 4 is 44.9 Å². The summed E-state index contributed by atoms with van der Waals surface area (Å²) in [6.07, 6.45) is 1.48. The Kier molecular flexibility index (Phi) is 5.03. The summed E-state index contributed by atoms with van der Waals surface area (Å²) in [7, 11) is 1.58. The highest BCUT2D eigenvalue weighted by atomic mass is 79.9. The van der Waals surface area contributed by atoms with Crippen LogP contribution in [0.2, 0.25) is 5.02 Å².